The number of aromatic nitrogens is 2. The molecule has 2 aromatic rings. The number of thiazole rings is 1. The number of hydrogen-bond acceptors (Lipinski definition) is 5. The Balaban J connectivity index is 1.91. The van der Waals surface area contributed by atoms with E-state index >= 15 is 0 Å². The summed E-state index contributed by atoms with van der Waals surface area (Å²) in [5.74, 6) is 0.917. The number of pyridine rings is 1. The highest BCUT2D eigenvalue weighted by Gasteiger charge is 2.24. The van der Waals surface area contributed by atoms with Crippen LogP contribution in [-0.2, 0) is 0 Å². The Kier molecular flexibility index (Phi) is 4.73. The first-order valence-corrected chi connectivity index (χ1v) is 8.73. The normalized spacial score (nSPS) is 21.8. The van der Waals surface area contributed by atoms with Crippen LogP contribution in [0.25, 0.3) is 15.8 Å². The van der Waals surface area contributed by atoms with Crippen LogP contribution >= 0.6 is 11.3 Å². The van der Waals surface area contributed by atoms with Gasteiger partial charge in [-0.15, -0.1) is 11.3 Å². The van der Waals surface area contributed by atoms with Crippen LogP contribution in [0.1, 0.15) is 38.1 Å². The van der Waals surface area contributed by atoms with Crippen molar-refractivity contribution in [1.29, 1.82) is 0 Å². The Morgan fingerprint density at radius 3 is 2.91 bits per heavy atom. The minimum Gasteiger partial charge on any atom is -0.396 e. The van der Waals surface area contributed by atoms with Crippen molar-refractivity contribution in [3.05, 3.63) is 29.0 Å². The van der Waals surface area contributed by atoms with Gasteiger partial charge in [-0.2, -0.15) is 0 Å². The molecule has 122 valence electrons. The molecule has 3 N–H and O–H groups in total. The van der Waals surface area contributed by atoms with Gasteiger partial charge in [0.05, 0.1) is 22.5 Å². The molecule has 1 fully saturated rings. The van der Waals surface area contributed by atoms with Crippen molar-refractivity contribution in [2.24, 2.45) is 16.6 Å². The van der Waals surface area contributed by atoms with Crippen molar-refractivity contribution < 1.29 is 5.11 Å². The lowest BCUT2D eigenvalue weighted by Gasteiger charge is -2.10. The number of allylic oxidation sites excluding steroid dienone is 1. The van der Waals surface area contributed by atoms with Crippen molar-refractivity contribution in [2.75, 3.05) is 6.61 Å². The van der Waals surface area contributed by atoms with Crippen LogP contribution in [0.4, 0.5) is 0 Å². The summed E-state index contributed by atoms with van der Waals surface area (Å²) in [4.78, 5) is 13.5. The molecule has 2 heterocycles. The van der Waals surface area contributed by atoms with Gasteiger partial charge < -0.3 is 10.8 Å². The summed E-state index contributed by atoms with van der Waals surface area (Å²) in [6.45, 7) is 4.31. The maximum absolute atomic E-state index is 9.27. The van der Waals surface area contributed by atoms with E-state index < -0.39 is 0 Å². The molecule has 0 amide bonds. The third-order valence-corrected chi connectivity index (χ3v) is 5.31. The molecule has 2 atom stereocenters. The minimum absolute atomic E-state index is 0.206. The molecule has 0 aromatic carbocycles. The van der Waals surface area contributed by atoms with Gasteiger partial charge in [-0.25, -0.2) is 4.98 Å². The van der Waals surface area contributed by atoms with E-state index in [-0.39, 0.29) is 12.6 Å². The summed E-state index contributed by atoms with van der Waals surface area (Å²) in [5.41, 5.74) is 9.25. The summed E-state index contributed by atoms with van der Waals surface area (Å²) >= 11 is 1.62. The van der Waals surface area contributed by atoms with E-state index in [9.17, 15) is 5.11 Å². The molecule has 23 heavy (non-hydrogen) atoms. The van der Waals surface area contributed by atoms with Crippen molar-refractivity contribution in [3.8, 4) is 0 Å². The van der Waals surface area contributed by atoms with Gasteiger partial charge in [0.25, 0.3) is 0 Å². The lowest BCUT2D eigenvalue weighted by molar-refractivity contribution is 0.229. The van der Waals surface area contributed by atoms with E-state index in [1.165, 1.54) is 0 Å². The van der Waals surface area contributed by atoms with Crippen LogP contribution in [0.5, 0.6) is 0 Å². The number of nitrogens with two attached hydrogens (primary N) is 1. The molecule has 1 saturated carbocycles. The van der Waals surface area contributed by atoms with Gasteiger partial charge in [0.1, 0.15) is 16.4 Å². The third-order valence-electron chi connectivity index (χ3n) is 4.25. The smallest absolute Gasteiger partial charge is 0.128 e. The second-order valence-corrected chi connectivity index (χ2v) is 7.30. The molecule has 3 rings (SSSR count). The first-order chi connectivity index (χ1) is 11.1. The Morgan fingerprint density at radius 1 is 1.43 bits per heavy atom. The molecule has 1 aliphatic rings. The quantitative estimate of drug-likeness (QED) is 0.666. The third kappa shape index (κ3) is 3.43. The molecule has 2 unspecified atom stereocenters. The fourth-order valence-electron chi connectivity index (χ4n) is 3.06. The van der Waals surface area contributed by atoms with E-state index in [2.05, 4.69) is 9.97 Å². The fraction of sp³-hybridized carbons (Fsp3) is 0.471. The number of aliphatic imine (C=N–C) groups is 1. The summed E-state index contributed by atoms with van der Waals surface area (Å²) in [7, 11) is 0. The van der Waals surface area contributed by atoms with Crippen molar-refractivity contribution in [3.63, 3.8) is 0 Å². The molecule has 0 radical (unpaired) electrons. The molecule has 5 nitrogen and oxygen atoms in total. The fourth-order valence-corrected chi connectivity index (χ4v) is 4.15. The van der Waals surface area contributed by atoms with Crippen molar-refractivity contribution in [2.45, 2.75) is 39.2 Å². The Bertz CT molecular complexity index is 728. The van der Waals surface area contributed by atoms with Crippen molar-refractivity contribution >= 4 is 33.0 Å². The predicted molar refractivity (Wildman–Crippen MR) is 95.5 cm³/mol. The first-order valence-electron chi connectivity index (χ1n) is 7.91. The average molecular weight is 330 g/mol. The Labute approximate surface area is 140 Å². The second-order valence-electron chi connectivity index (χ2n) is 6.27. The standard InChI is InChI=1S/C17H22N4OS/c1-10(2)15(16(18)20-12-4-3-11(7-12)9-22)17-21-13-8-19-6-5-14(13)23-17/h5-6,8,11-12,22H,3-4,7,9H2,1-2H3,(H2,18,20). The van der Waals surface area contributed by atoms with Gasteiger partial charge in [-0.3, -0.25) is 9.98 Å². The lowest BCUT2D eigenvalue weighted by atomic mass is 10.1. The van der Waals surface area contributed by atoms with E-state index in [4.69, 9.17) is 10.7 Å². The monoisotopic (exact) mass is 330 g/mol. The van der Waals surface area contributed by atoms with Gasteiger partial charge in [0.15, 0.2) is 0 Å². The van der Waals surface area contributed by atoms with Crippen LogP contribution in [0.3, 0.4) is 0 Å². The van der Waals surface area contributed by atoms with Crippen LogP contribution in [0, 0.1) is 5.92 Å². The van der Waals surface area contributed by atoms with Crippen LogP contribution in [0.2, 0.25) is 0 Å². The highest BCUT2D eigenvalue weighted by molar-refractivity contribution is 7.19. The van der Waals surface area contributed by atoms with Gasteiger partial charge in [0.2, 0.25) is 0 Å². The average Bonchev–Trinajstić information content (AvgIpc) is 3.12. The maximum atomic E-state index is 9.27. The van der Waals surface area contributed by atoms with Gasteiger partial charge in [-0.1, -0.05) is 5.57 Å². The molecule has 6 heteroatoms. The molecule has 0 spiro atoms. The largest absolute Gasteiger partial charge is 0.396 e. The zero-order valence-electron chi connectivity index (χ0n) is 13.5. The molecule has 1 aliphatic carbocycles. The SMILES string of the molecule is CC(C)=C(C(N)=NC1CCC(CO)C1)c1nc2cnccc2s1. The number of nitrogens with zero attached hydrogens (tertiary/aromatic N) is 3. The zero-order chi connectivity index (χ0) is 16.4. The Morgan fingerprint density at radius 2 is 2.26 bits per heavy atom. The number of aliphatic hydroxyl groups is 1. The molecular formula is C17H22N4OS. The predicted octanol–water partition coefficient (Wildman–Crippen LogP) is 3.00. The topological polar surface area (TPSA) is 84.4 Å². The molecule has 0 saturated heterocycles. The van der Waals surface area contributed by atoms with E-state index in [1.807, 2.05) is 19.9 Å². The second kappa shape index (κ2) is 6.76. The highest BCUT2D eigenvalue weighted by Crippen LogP contribution is 2.31. The summed E-state index contributed by atoms with van der Waals surface area (Å²) in [5, 5.41) is 10.2. The summed E-state index contributed by atoms with van der Waals surface area (Å²) in [6, 6.07) is 2.17. The highest BCUT2D eigenvalue weighted by atomic mass is 32.1. The van der Waals surface area contributed by atoms with Gasteiger partial charge in [0, 0.05) is 12.8 Å². The Hall–Kier alpha value is -1.79. The maximum Gasteiger partial charge on any atom is 0.128 e. The van der Waals surface area contributed by atoms with E-state index in [1.54, 1.807) is 23.7 Å². The molecule has 0 bridgehead atoms. The van der Waals surface area contributed by atoms with E-state index in [0.717, 1.165) is 45.6 Å². The molecule has 0 aliphatic heterocycles. The summed E-state index contributed by atoms with van der Waals surface area (Å²) in [6.07, 6.45) is 6.48. The first kappa shape index (κ1) is 16.1. The van der Waals surface area contributed by atoms with Gasteiger partial charge in [-0.05, 0) is 45.1 Å². The van der Waals surface area contributed by atoms with Crippen molar-refractivity contribution in [1.82, 2.24) is 9.97 Å². The van der Waals surface area contributed by atoms with E-state index in [0.29, 0.717) is 11.8 Å². The number of amidine groups is 1. The number of fused-ring (bicyclic) bond motifs is 1. The van der Waals surface area contributed by atoms with Crippen LogP contribution in [0.15, 0.2) is 29.0 Å². The number of rotatable bonds is 4. The van der Waals surface area contributed by atoms with Crippen LogP contribution < -0.4 is 5.73 Å². The van der Waals surface area contributed by atoms with Gasteiger partial charge >= 0.3 is 0 Å². The zero-order valence-corrected chi connectivity index (χ0v) is 14.3. The molecular weight excluding hydrogens is 308 g/mol. The molecule has 2 aromatic heterocycles. The minimum atomic E-state index is 0.206. The summed E-state index contributed by atoms with van der Waals surface area (Å²) < 4.78 is 1.10. The number of hydrogen-bond donors (Lipinski definition) is 2. The number of aliphatic hydroxyl groups excluding tert-OH is 1. The van der Waals surface area contributed by atoms with Crippen LogP contribution in [-0.4, -0.2) is 33.6 Å². The lowest BCUT2D eigenvalue weighted by Crippen LogP contribution is -2.18.